The quantitative estimate of drug-likeness (QED) is 0.736. The van der Waals surface area contributed by atoms with Crippen molar-refractivity contribution in [1.29, 1.82) is 0 Å². The van der Waals surface area contributed by atoms with Crippen LogP contribution in [0.4, 0.5) is 5.13 Å². The summed E-state index contributed by atoms with van der Waals surface area (Å²) >= 11 is 1.38. The first kappa shape index (κ1) is 20.6. The van der Waals surface area contributed by atoms with Crippen molar-refractivity contribution >= 4 is 22.4 Å². The van der Waals surface area contributed by atoms with Gasteiger partial charge in [0.25, 0.3) is 5.91 Å². The Hall–Kier alpha value is -2.16. The summed E-state index contributed by atoms with van der Waals surface area (Å²) in [5.41, 5.74) is 0.712. The van der Waals surface area contributed by atoms with Gasteiger partial charge in [0, 0.05) is 32.1 Å². The number of carbonyl (C=O) groups excluding carboxylic acids is 1. The number of nitrogens with zero attached hydrogens (tertiary/aromatic N) is 4. The number of nitrogens with one attached hydrogen (secondary N) is 2. The molecule has 3 rings (SSSR count). The number of aromatic nitrogens is 4. The molecule has 2 N–H and O–H groups in total. The summed E-state index contributed by atoms with van der Waals surface area (Å²) < 4.78 is 3.37. The van der Waals surface area contributed by atoms with Crippen molar-refractivity contribution in [2.45, 2.75) is 72.5 Å². The first-order valence-electron chi connectivity index (χ1n) is 10.1. The lowest BCUT2D eigenvalue weighted by atomic mass is 10.1. The van der Waals surface area contributed by atoms with Gasteiger partial charge in [-0.05, 0) is 39.0 Å². The molecule has 8 nitrogen and oxygen atoms in total. The van der Waals surface area contributed by atoms with Crippen molar-refractivity contribution in [3.8, 4) is 0 Å². The zero-order chi connectivity index (χ0) is 20.3. The number of rotatable bonds is 7. The standard InChI is InChI=1S/C19H30N6O2S/c1-5-20-18-21-13(4)16(28-18)17(26)22-14-6-7-15-23-25(11-8-12(2)3)19(27)24(15)10-9-14/h12,14H,5-11H2,1-4H3,(H,20,21)(H,22,26). The molecule has 1 amide bonds. The highest BCUT2D eigenvalue weighted by molar-refractivity contribution is 7.17. The third-order valence-corrected chi connectivity index (χ3v) is 6.12. The largest absolute Gasteiger partial charge is 0.362 e. The molecule has 1 aliphatic rings. The van der Waals surface area contributed by atoms with Gasteiger partial charge in [0.1, 0.15) is 10.7 Å². The fourth-order valence-corrected chi connectivity index (χ4v) is 4.32. The van der Waals surface area contributed by atoms with E-state index in [1.54, 1.807) is 9.25 Å². The Labute approximate surface area is 169 Å². The Bertz CT molecular complexity index is 882. The van der Waals surface area contributed by atoms with Crippen molar-refractivity contribution in [1.82, 2.24) is 24.6 Å². The minimum absolute atomic E-state index is 0.0294. The summed E-state index contributed by atoms with van der Waals surface area (Å²) in [5.74, 6) is 1.28. The fourth-order valence-electron chi connectivity index (χ4n) is 3.38. The van der Waals surface area contributed by atoms with Gasteiger partial charge >= 0.3 is 5.69 Å². The number of anilines is 1. The van der Waals surface area contributed by atoms with E-state index in [0.717, 1.165) is 42.5 Å². The molecule has 2 aromatic rings. The van der Waals surface area contributed by atoms with Gasteiger partial charge in [0.15, 0.2) is 5.13 Å². The van der Waals surface area contributed by atoms with E-state index in [9.17, 15) is 9.59 Å². The molecule has 9 heteroatoms. The van der Waals surface area contributed by atoms with E-state index >= 15 is 0 Å². The van der Waals surface area contributed by atoms with Crippen LogP contribution in [0.3, 0.4) is 0 Å². The number of carbonyl (C=O) groups is 1. The molecule has 3 heterocycles. The van der Waals surface area contributed by atoms with Crippen LogP contribution in [0.25, 0.3) is 0 Å². The third kappa shape index (κ3) is 4.63. The minimum Gasteiger partial charge on any atom is -0.362 e. The monoisotopic (exact) mass is 406 g/mol. The Morgan fingerprint density at radius 1 is 1.36 bits per heavy atom. The molecule has 0 spiro atoms. The molecule has 0 saturated heterocycles. The van der Waals surface area contributed by atoms with E-state index in [1.807, 2.05) is 13.8 Å². The average Bonchev–Trinajstić information content (AvgIpc) is 3.07. The maximum absolute atomic E-state index is 12.7. The molecular weight excluding hydrogens is 376 g/mol. The Kier molecular flexibility index (Phi) is 6.53. The number of fused-ring (bicyclic) bond motifs is 1. The molecule has 28 heavy (non-hydrogen) atoms. The van der Waals surface area contributed by atoms with Crippen molar-refractivity contribution in [3.63, 3.8) is 0 Å². The summed E-state index contributed by atoms with van der Waals surface area (Å²) in [4.78, 5) is 30.3. The molecule has 154 valence electrons. The summed E-state index contributed by atoms with van der Waals surface area (Å²) in [6.07, 6.45) is 3.15. The molecule has 2 aromatic heterocycles. The molecule has 0 saturated carbocycles. The average molecular weight is 407 g/mol. The number of hydrogen-bond donors (Lipinski definition) is 2. The van der Waals surface area contributed by atoms with Crippen LogP contribution in [-0.2, 0) is 19.5 Å². The number of hydrogen-bond acceptors (Lipinski definition) is 6. The minimum atomic E-state index is -0.0852. The van der Waals surface area contributed by atoms with E-state index in [2.05, 4.69) is 34.6 Å². The van der Waals surface area contributed by atoms with Crippen LogP contribution < -0.4 is 16.3 Å². The highest BCUT2D eigenvalue weighted by atomic mass is 32.1. The number of aryl methyl sites for hydroxylation is 3. The van der Waals surface area contributed by atoms with Crippen LogP contribution in [0, 0.1) is 12.8 Å². The first-order valence-corrected chi connectivity index (χ1v) is 10.9. The normalized spacial score (nSPS) is 16.7. The van der Waals surface area contributed by atoms with Gasteiger partial charge in [-0.25, -0.2) is 14.5 Å². The van der Waals surface area contributed by atoms with Gasteiger partial charge in [-0.1, -0.05) is 25.2 Å². The molecule has 0 aromatic carbocycles. The van der Waals surface area contributed by atoms with Crippen LogP contribution in [0.2, 0.25) is 0 Å². The summed E-state index contributed by atoms with van der Waals surface area (Å²) in [5, 5.41) is 11.6. The van der Waals surface area contributed by atoms with Crippen molar-refractivity contribution in [2.75, 3.05) is 11.9 Å². The molecule has 1 aliphatic heterocycles. The van der Waals surface area contributed by atoms with Crippen molar-refractivity contribution in [3.05, 3.63) is 26.9 Å². The van der Waals surface area contributed by atoms with Crippen LogP contribution >= 0.6 is 11.3 Å². The van der Waals surface area contributed by atoms with Gasteiger partial charge < -0.3 is 10.6 Å². The zero-order valence-corrected chi connectivity index (χ0v) is 17.9. The topological polar surface area (TPSA) is 93.8 Å². The molecule has 0 bridgehead atoms. The second kappa shape index (κ2) is 8.89. The smallest absolute Gasteiger partial charge is 0.345 e. The molecule has 1 unspecified atom stereocenters. The Morgan fingerprint density at radius 2 is 2.14 bits per heavy atom. The van der Waals surface area contributed by atoms with Gasteiger partial charge in [0.2, 0.25) is 0 Å². The third-order valence-electron chi connectivity index (χ3n) is 5.00. The predicted molar refractivity (Wildman–Crippen MR) is 111 cm³/mol. The Balaban J connectivity index is 1.63. The number of thiazole rings is 1. The van der Waals surface area contributed by atoms with Crippen LogP contribution in [0.5, 0.6) is 0 Å². The van der Waals surface area contributed by atoms with E-state index in [4.69, 9.17) is 0 Å². The summed E-state index contributed by atoms with van der Waals surface area (Å²) in [7, 11) is 0. The van der Waals surface area contributed by atoms with Gasteiger partial charge in [-0.15, -0.1) is 0 Å². The van der Waals surface area contributed by atoms with Gasteiger partial charge in [-0.3, -0.25) is 9.36 Å². The highest BCUT2D eigenvalue weighted by Gasteiger charge is 2.24. The predicted octanol–water partition coefficient (Wildman–Crippen LogP) is 2.42. The van der Waals surface area contributed by atoms with Crippen molar-refractivity contribution in [2.24, 2.45) is 5.92 Å². The first-order chi connectivity index (χ1) is 13.4. The molecular formula is C19H30N6O2S. The van der Waals surface area contributed by atoms with E-state index in [-0.39, 0.29) is 17.6 Å². The lowest BCUT2D eigenvalue weighted by Gasteiger charge is -2.15. The van der Waals surface area contributed by atoms with Gasteiger partial charge in [-0.2, -0.15) is 5.10 Å². The SMILES string of the molecule is CCNc1nc(C)c(C(=O)NC2CCc3nn(CCC(C)C)c(=O)n3CC2)s1. The number of amides is 1. The molecule has 0 fully saturated rings. The maximum atomic E-state index is 12.7. The molecule has 1 atom stereocenters. The van der Waals surface area contributed by atoms with Crippen molar-refractivity contribution < 1.29 is 4.79 Å². The fraction of sp³-hybridized carbons (Fsp3) is 0.684. The summed E-state index contributed by atoms with van der Waals surface area (Å²) in [6.45, 7) is 10.2. The van der Waals surface area contributed by atoms with E-state index in [0.29, 0.717) is 30.3 Å². The highest BCUT2D eigenvalue weighted by Crippen LogP contribution is 2.23. The van der Waals surface area contributed by atoms with E-state index < -0.39 is 0 Å². The zero-order valence-electron chi connectivity index (χ0n) is 17.1. The lowest BCUT2D eigenvalue weighted by molar-refractivity contribution is 0.0936. The van der Waals surface area contributed by atoms with Crippen LogP contribution in [0.15, 0.2) is 4.79 Å². The maximum Gasteiger partial charge on any atom is 0.345 e. The van der Waals surface area contributed by atoms with Gasteiger partial charge in [0.05, 0.1) is 5.69 Å². The second-order valence-electron chi connectivity index (χ2n) is 7.72. The lowest BCUT2D eigenvalue weighted by Crippen LogP contribution is -2.35. The molecule has 0 radical (unpaired) electrons. The molecule has 0 aliphatic carbocycles. The van der Waals surface area contributed by atoms with Crippen LogP contribution in [-0.4, -0.2) is 37.8 Å². The van der Waals surface area contributed by atoms with E-state index in [1.165, 1.54) is 11.3 Å². The second-order valence-corrected chi connectivity index (χ2v) is 8.72. The summed E-state index contributed by atoms with van der Waals surface area (Å²) in [6, 6.07) is 0.0294. The Morgan fingerprint density at radius 3 is 2.86 bits per heavy atom. The van der Waals surface area contributed by atoms with Crippen LogP contribution in [0.1, 0.15) is 61.2 Å².